The quantitative estimate of drug-likeness (QED) is 0.606. The number of carbonyl (C=O) groups excluding carboxylic acids is 1. The first kappa shape index (κ1) is 13.8. The normalized spacial score (nSPS) is 10.5. The molecule has 3 heteroatoms. The smallest absolute Gasteiger partial charge is 0.176 e. The Balaban J connectivity index is 2.04. The second kappa shape index (κ2) is 6.02. The largest absolute Gasteiger partial charge is 0.293 e. The van der Waals surface area contributed by atoms with E-state index in [4.69, 9.17) is 0 Å². The average Bonchev–Trinajstić information content (AvgIpc) is 2.40. The number of ketones is 1. The van der Waals surface area contributed by atoms with E-state index in [0.717, 1.165) is 4.90 Å². The summed E-state index contributed by atoms with van der Waals surface area (Å²) < 4.78 is 13.5. The third-order valence-corrected chi connectivity index (χ3v) is 4.02. The van der Waals surface area contributed by atoms with E-state index >= 15 is 0 Å². The molecule has 0 saturated carbocycles. The summed E-state index contributed by atoms with van der Waals surface area (Å²) in [6.45, 7) is 4.09. The van der Waals surface area contributed by atoms with Gasteiger partial charge in [-0.1, -0.05) is 18.2 Å². The van der Waals surface area contributed by atoms with Crippen molar-refractivity contribution in [2.75, 3.05) is 5.75 Å². The predicted octanol–water partition coefficient (Wildman–Crippen LogP) is 4.42. The highest BCUT2D eigenvalue weighted by Gasteiger charge is 2.11. The monoisotopic (exact) mass is 274 g/mol. The van der Waals surface area contributed by atoms with Gasteiger partial charge in [0.1, 0.15) is 5.82 Å². The van der Waals surface area contributed by atoms with Crippen LogP contribution in [-0.2, 0) is 0 Å². The van der Waals surface area contributed by atoms with Gasteiger partial charge >= 0.3 is 0 Å². The zero-order valence-electron chi connectivity index (χ0n) is 10.9. The third-order valence-electron chi connectivity index (χ3n) is 3.02. The Bertz CT molecular complexity index is 607. The number of rotatable bonds is 4. The maximum absolute atomic E-state index is 13.5. The molecule has 0 saturated heterocycles. The summed E-state index contributed by atoms with van der Waals surface area (Å²) >= 11 is 1.44. The lowest BCUT2D eigenvalue weighted by Crippen LogP contribution is -2.04. The Morgan fingerprint density at radius 1 is 1.11 bits per heavy atom. The molecule has 2 aromatic carbocycles. The Morgan fingerprint density at radius 3 is 2.53 bits per heavy atom. The van der Waals surface area contributed by atoms with Gasteiger partial charge in [0.15, 0.2) is 5.78 Å². The van der Waals surface area contributed by atoms with Gasteiger partial charge in [0.05, 0.1) is 11.3 Å². The lowest BCUT2D eigenvalue weighted by Gasteiger charge is -2.05. The zero-order valence-corrected chi connectivity index (χ0v) is 11.8. The van der Waals surface area contributed by atoms with Crippen molar-refractivity contribution in [1.29, 1.82) is 0 Å². The molecule has 19 heavy (non-hydrogen) atoms. The van der Waals surface area contributed by atoms with Gasteiger partial charge in [-0.25, -0.2) is 4.39 Å². The van der Waals surface area contributed by atoms with Crippen molar-refractivity contribution in [3.05, 3.63) is 65.0 Å². The van der Waals surface area contributed by atoms with E-state index in [9.17, 15) is 9.18 Å². The first-order valence-electron chi connectivity index (χ1n) is 6.05. The summed E-state index contributed by atoms with van der Waals surface area (Å²) in [5, 5.41) is 0. The summed E-state index contributed by atoms with van der Waals surface area (Å²) in [6, 6.07) is 12.2. The Kier molecular flexibility index (Phi) is 4.38. The topological polar surface area (TPSA) is 17.1 Å². The van der Waals surface area contributed by atoms with Crippen molar-refractivity contribution in [1.82, 2.24) is 0 Å². The molecule has 0 heterocycles. The van der Waals surface area contributed by atoms with E-state index in [1.165, 1.54) is 35.0 Å². The van der Waals surface area contributed by atoms with Crippen LogP contribution in [0.5, 0.6) is 0 Å². The predicted molar refractivity (Wildman–Crippen MR) is 77.4 cm³/mol. The van der Waals surface area contributed by atoms with Crippen LogP contribution in [0, 0.1) is 19.7 Å². The molecule has 0 radical (unpaired) electrons. The maximum atomic E-state index is 13.5. The minimum absolute atomic E-state index is 0.166. The molecule has 0 unspecified atom stereocenters. The number of hydrogen-bond donors (Lipinski definition) is 0. The molecule has 0 spiro atoms. The molecule has 2 rings (SSSR count). The van der Waals surface area contributed by atoms with Crippen LogP contribution < -0.4 is 0 Å². The lowest BCUT2D eigenvalue weighted by molar-refractivity contribution is 0.101. The first-order chi connectivity index (χ1) is 9.08. The van der Waals surface area contributed by atoms with Crippen LogP contribution in [0.2, 0.25) is 0 Å². The van der Waals surface area contributed by atoms with E-state index in [2.05, 4.69) is 6.07 Å². The summed E-state index contributed by atoms with van der Waals surface area (Å²) in [7, 11) is 0. The van der Waals surface area contributed by atoms with Crippen LogP contribution in [0.15, 0.2) is 47.4 Å². The number of Topliss-reactive ketones (excluding diaryl/α,β-unsaturated/α-hetero) is 1. The van der Waals surface area contributed by atoms with E-state index in [1.807, 2.05) is 26.0 Å². The fourth-order valence-corrected chi connectivity index (χ4v) is 2.60. The third kappa shape index (κ3) is 3.44. The fourth-order valence-electron chi connectivity index (χ4n) is 1.72. The molecule has 0 atom stereocenters. The maximum Gasteiger partial charge on any atom is 0.176 e. The first-order valence-corrected chi connectivity index (χ1v) is 7.04. The molecule has 0 aliphatic carbocycles. The van der Waals surface area contributed by atoms with E-state index in [0.29, 0.717) is 0 Å². The minimum Gasteiger partial charge on any atom is -0.293 e. The van der Waals surface area contributed by atoms with Crippen LogP contribution in [0.1, 0.15) is 21.5 Å². The fraction of sp³-hybridized carbons (Fsp3) is 0.188. The Morgan fingerprint density at radius 2 is 1.84 bits per heavy atom. The molecular weight excluding hydrogens is 259 g/mol. The van der Waals surface area contributed by atoms with Crippen molar-refractivity contribution < 1.29 is 9.18 Å². The molecule has 0 amide bonds. The number of thioether (sulfide) groups is 1. The van der Waals surface area contributed by atoms with Gasteiger partial charge in [0.25, 0.3) is 0 Å². The Hall–Kier alpha value is -1.61. The Labute approximate surface area is 116 Å². The highest BCUT2D eigenvalue weighted by molar-refractivity contribution is 8.00. The number of hydrogen-bond acceptors (Lipinski definition) is 2. The molecule has 98 valence electrons. The molecule has 0 fully saturated rings. The summed E-state index contributed by atoms with van der Waals surface area (Å²) in [5.74, 6) is -0.377. The highest BCUT2D eigenvalue weighted by atomic mass is 32.2. The van der Waals surface area contributed by atoms with Gasteiger partial charge in [-0.2, -0.15) is 0 Å². The number of carbonyl (C=O) groups is 1. The van der Waals surface area contributed by atoms with Crippen LogP contribution in [0.25, 0.3) is 0 Å². The summed E-state index contributed by atoms with van der Waals surface area (Å²) in [4.78, 5) is 13.0. The second-order valence-corrected chi connectivity index (χ2v) is 5.49. The van der Waals surface area contributed by atoms with Gasteiger partial charge in [-0.05, 0) is 49.2 Å². The van der Waals surface area contributed by atoms with Crippen LogP contribution in [0.4, 0.5) is 4.39 Å². The second-order valence-electron chi connectivity index (χ2n) is 4.44. The minimum atomic E-state index is -0.451. The molecule has 0 aliphatic rings. The number of halogens is 1. The van der Waals surface area contributed by atoms with Gasteiger partial charge in [-0.15, -0.1) is 11.8 Å². The molecule has 0 aromatic heterocycles. The molecule has 1 nitrogen and oxygen atoms in total. The van der Waals surface area contributed by atoms with E-state index in [-0.39, 0.29) is 17.1 Å². The van der Waals surface area contributed by atoms with Gasteiger partial charge in [0, 0.05) is 4.90 Å². The van der Waals surface area contributed by atoms with Crippen LogP contribution in [0.3, 0.4) is 0 Å². The standard InChI is InChI=1S/C16H15FOS/c1-11-7-8-13(9-12(11)2)19-10-16(18)14-5-3-4-6-15(14)17/h3-9H,10H2,1-2H3. The van der Waals surface area contributed by atoms with Gasteiger partial charge in [-0.3, -0.25) is 4.79 Å². The van der Waals surface area contributed by atoms with Crippen molar-refractivity contribution in [2.24, 2.45) is 0 Å². The molecule has 2 aromatic rings. The molecule has 0 N–H and O–H groups in total. The highest BCUT2D eigenvalue weighted by Crippen LogP contribution is 2.22. The number of aryl methyl sites for hydroxylation is 2. The zero-order chi connectivity index (χ0) is 13.8. The van der Waals surface area contributed by atoms with Crippen molar-refractivity contribution in [3.63, 3.8) is 0 Å². The average molecular weight is 274 g/mol. The van der Waals surface area contributed by atoms with Crippen molar-refractivity contribution in [2.45, 2.75) is 18.7 Å². The van der Waals surface area contributed by atoms with Gasteiger partial charge in [0.2, 0.25) is 0 Å². The number of benzene rings is 2. The van der Waals surface area contributed by atoms with Crippen molar-refractivity contribution >= 4 is 17.5 Å². The molecule has 0 bridgehead atoms. The van der Waals surface area contributed by atoms with Crippen LogP contribution >= 0.6 is 11.8 Å². The van der Waals surface area contributed by atoms with Gasteiger partial charge < -0.3 is 0 Å². The van der Waals surface area contributed by atoms with E-state index in [1.54, 1.807) is 12.1 Å². The summed E-state index contributed by atoms with van der Waals surface area (Å²) in [6.07, 6.45) is 0. The molecule has 0 aliphatic heterocycles. The van der Waals surface area contributed by atoms with Crippen LogP contribution in [-0.4, -0.2) is 11.5 Å². The summed E-state index contributed by atoms with van der Waals surface area (Å²) in [5.41, 5.74) is 2.59. The lowest BCUT2D eigenvalue weighted by atomic mass is 10.1. The molecular formula is C16H15FOS. The SMILES string of the molecule is Cc1ccc(SCC(=O)c2ccccc2F)cc1C. The van der Waals surface area contributed by atoms with Crippen molar-refractivity contribution in [3.8, 4) is 0 Å². The van der Waals surface area contributed by atoms with E-state index < -0.39 is 5.82 Å².